The summed E-state index contributed by atoms with van der Waals surface area (Å²) in [5.74, 6) is 0. The Hall–Kier alpha value is -0.0400. The predicted molar refractivity (Wildman–Crippen MR) is 46.6 cm³/mol. The van der Waals surface area contributed by atoms with Crippen molar-refractivity contribution in [3.8, 4) is 0 Å². The molecule has 0 N–H and O–H groups in total. The summed E-state index contributed by atoms with van der Waals surface area (Å²) in [7, 11) is 0. The van der Waals surface area contributed by atoms with Gasteiger partial charge in [0.1, 0.15) is 0 Å². The van der Waals surface area contributed by atoms with Crippen LogP contribution in [0.25, 0.3) is 0 Å². The van der Waals surface area contributed by atoms with E-state index in [2.05, 4.69) is 19.2 Å². The zero-order chi connectivity index (χ0) is 7.95. The third-order valence-corrected chi connectivity index (χ3v) is 3.19. The summed E-state index contributed by atoms with van der Waals surface area (Å²) in [5.41, 5.74) is 1.26. The van der Waals surface area contributed by atoms with Gasteiger partial charge in [-0.15, -0.1) is 0 Å². The summed E-state index contributed by atoms with van der Waals surface area (Å²) in [6.45, 7) is 6.96. The highest BCUT2D eigenvalue weighted by Crippen LogP contribution is 2.46. The lowest BCUT2D eigenvalue weighted by molar-refractivity contribution is 0.431. The summed E-state index contributed by atoms with van der Waals surface area (Å²) in [6.07, 6.45) is 5.64. The zero-order valence-corrected chi connectivity index (χ0v) is 7.69. The SMILES string of the molecule is CC1(C[N]CC2(C)CC2)CC1. The standard InChI is InChI=1S/C10H18N/c1-9(3-4-9)7-11-8-10(2)5-6-10/h3-8H2,1-2H3. The minimum atomic E-state index is 0.630. The Morgan fingerprint density at radius 2 is 1.27 bits per heavy atom. The van der Waals surface area contributed by atoms with Crippen molar-refractivity contribution < 1.29 is 0 Å². The van der Waals surface area contributed by atoms with E-state index in [1.807, 2.05) is 0 Å². The molecule has 2 aliphatic rings. The van der Waals surface area contributed by atoms with Crippen molar-refractivity contribution in [2.45, 2.75) is 39.5 Å². The number of hydrogen-bond acceptors (Lipinski definition) is 0. The molecular formula is C10H18N. The third kappa shape index (κ3) is 1.96. The van der Waals surface area contributed by atoms with Crippen LogP contribution in [0, 0.1) is 10.8 Å². The van der Waals surface area contributed by atoms with Gasteiger partial charge >= 0.3 is 0 Å². The van der Waals surface area contributed by atoms with Crippen molar-refractivity contribution in [1.29, 1.82) is 0 Å². The summed E-state index contributed by atoms with van der Waals surface area (Å²) >= 11 is 0. The van der Waals surface area contributed by atoms with Crippen LogP contribution in [0.15, 0.2) is 0 Å². The second kappa shape index (κ2) is 2.22. The molecule has 2 fully saturated rings. The summed E-state index contributed by atoms with van der Waals surface area (Å²) in [4.78, 5) is 0. The molecule has 0 saturated heterocycles. The van der Waals surface area contributed by atoms with Crippen LogP contribution in [0.1, 0.15) is 39.5 Å². The first-order valence-electron chi connectivity index (χ1n) is 4.75. The molecular weight excluding hydrogens is 134 g/mol. The van der Waals surface area contributed by atoms with E-state index in [0.29, 0.717) is 10.8 Å². The van der Waals surface area contributed by atoms with Crippen LogP contribution in [-0.2, 0) is 0 Å². The fraction of sp³-hybridized carbons (Fsp3) is 1.00. The van der Waals surface area contributed by atoms with Crippen molar-refractivity contribution in [2.75, 3.05) is 13.1 Å². The van der Waals surface area contributed by atoms with Crippen molar-refractivity contribution in [3.63, 3.8) is 0 Å². The van der Waals surface area contributed by atoms with Gasteiger partial charge in [0.15, 0.2) is 0 Å². The molecule has 1 nitrogen and oxygen atoms in total. The molecule has 0 spiro atoms. The fourth-order valence-corrected chi connectivity index (χ4v) is 1.34. The Morgan fingerprint density at radius 1 is 0.909 bits per heavy atom. The first-order chi connectivity index (χ1) is 5.12. The Labute approximate surface area is 69.6 Å². The average molecular weight is 152 g/mol. The molecule has 1 heteroatoms. The number of hydrogen-bond donors (Lipinski definition) is 0. The summed E-state index contributed by atoms with van der Waals surface area (Å²) < 4.78 is 0. The van der Waals surface area contributed by atoms with Crippen molar-refractivity contribution >= 4 is 0 Å². The zero-order valence-electron chi connectivity index (χ0n) is 7.69. The molecule has 1 radical (unpaired) electrons. The molecule has 2 rings (SSSR count). The van der Waals surface area contributed by atoms with Gasteiger partial charge in [-0.1, -0.05) is 13.8 Å². The van der Waals surface area contributed by atoms with Gasteiger partial charge in [-0.2, -0.15) is 0 Å². The van der Waals surface area contributed by atoms with Crippen LogP contribution < -0.4 is 5.32 Å². The molecule has 0 aromatic rings. The molecule has 2 saturated carbocycles. The average Bonchev–Trinajstić information content (AvgIpc) is 2.78. The van der Waals surface area contributed by atoms with E-state index in [0.717, 1.165) is 13.1 Å². The van der Waals surface area contributed by atoms with Gasteiger partial charge in [-0.05, 0) is 36.5 Å². The van der Waals surface area contributed by atoms with Crippen molar-refractivity contribution in [2.24, 2.45) is 10.8 Å². The topological polar surface area (TPSA) is 14.1 Å². The highest BCUT2D eigenvalue weighted by molar-refractivity contribution is 4.94. The maximum absolute atomic E-state index is 4.64. The van der Waals surface area contributed by atoms with Gasteiger partial charge in [0.2, 0.25) is 0 Å². The van der Waals surface area contributed by atoms with Crippen molar-refractivity contribution in [1.82, 2.24) is 5.32 Å². The third-order valence-electron chi connectivity index (χ3n) is 3.19. The molecule has 0 heterocycles. The van der Waals surface area contributed by atoms with E-state index in [4.69, 9.17) is 0 Å². The minimum absolute atomic E-state index is 0.630. The lowest BCUT2D eigenvalue weighted by atomic mass is 10.1. The normalized spacial score (nSPS) is 30.0. The maximum atomic E-state index is 4.64. The molecule has 0 aliphatic heterocycles. The number of rotatable bonds is 4. The lowest BCUT2D eigenvalue weighted by Gasteiger charge is -2.11. The Bertz CT molecular complexity index is 136. The van der Waals surface area contributed by atoms with Crippen LogP contribution in [0.5, 0.6) is 0 Å². The summed E-state index contributed by atoms with van der Waals surface area (Å²) in [5, 5.41) is 4.64. The van der Waals surface area contributed by atoms with Gasteiger partial charge in [0.05, 0.1) is 0 Å². The minimum Gasteiger partial charge on any atom is -0.241 e. The molecule has 0 unspecified atom stereocenters. The maximum Gasteiger partial charge on any atom is 0.0187 e. The largest absolute Gasteiger partial charge is 0.241 e. The van der Waals surface area contributed by atoms with Crippen LogP contribution in [0.3, 0.4) is 0 Å². The van der Waals surface area contributed by atoms with E-state index in [1.165, 1.54) is 25.7 Å². The lowest BCUT2D eigenvalue weighted by Crippen LogP contribution is -2.21. The Balaban J connectivity index is 1.60. The van der Waals surface area contributed by atoms with Crippen LogP contribution >= 0.6 is 0 Å². The van der Waals surface area contributed by atoms with Gasteiger partial charge in [-0.25, -0.2) is 5.32 Å². The van der Waals surface area contributed by atoms with Crippen LogP contribution in [0.4, 0.5) is 0 Å². The Kier molecular flexibility index (Phi) is 1.54. The van der Waals surface area contributed by atoms with Gasteiger partial charge in [0, 0.05) is 13.1 Å². The molecule has 2 aliphatic carbocycles. The molecule has 63 valence electrons. The molecule has 0 aromatic heterocycles. The van der Waals surface area contributed by atoms with E-state index in [-0.39, 0.29) is 0 Å². The van der Waals surface area contributed by atoms with E-state index < -0.39 is 0 Å². The second-order valence-electron chi connectivity index (χ2n) is 5.16. The van der Waals surface area contributed by atoms with Crippen LogP contribution in [0.2, 0.25) is 0 Å². The number of nitrogens with zero attached hydrogens (tertiary/aromatic N) is 1. The van der Waals surface area contributed by atoms with Gasteiger partial charge < -0.3 is 0 Å². The summed E-state index contributed by atoms with van der Waals surface area (Å²) in [6, 6.07) is 0. The second-order valence-corrected chi connectivity index (χ2v) is 5.16. The van der Waals surface area contributed by atoms with Crippen LogP contribution in [-0.4, -0.2) is 13.1 Å². The molecule has 11 heavy (non-hydrogen) atoms. The van der Waals surface area contributed by atoms with Gasteiger partial charge in [-0.3, -0.25) is 0 Å². The highest BCUT2D eigenvalue weighted by atomic mass is 14.9. The van der Waals surface area contributed by atoms with E-state index in [9.17, 15) is 0 Å². The molecule has 0 amide bonds. The first kappa shape index (κ1) is 7.60. The quantitative estimate of drug-likeness (QED) is 0.586. The van der Waals surface area contributed by atoms with E-state index in [1.54, 1.807) is 0 Å². The van der Waals surface area contributed by atoms with Gasteiger partial charge in [0.25, 0.3) is 0 Å². The Morgan fingerprint density at radius 3 is 1.55 bits per heavy atom. The van der Waals surface area contributed by atoms with E-state index >= 15 is 0 Å². The smallest absolute Gasteiger partial charge is 0.0187 e. The fourth-order valence-electron chi connectivity index (χ4n) is 1.34. The molecule has 0 bridgehead atoms. The molecule has 0 aromatic carbocycles. The predicted octanol–water partition coefficient (Wildman–Crippen LogP) is 2.19. The molecule has 0 atom stereocenters. The van der Waals surface area contributed by atoms with Crippen molar-refractivity contribution in [3.05, 3.63) is 0 Å². The first-order valence-corrected chi connectivity index (χ1v) is 4.75. The monoisotopic (exact) mass is 152 g/mol. The highest BCUT2D eigenvalue weighted by Gasteiger charge is 2.40.